The first-order valence-electron chi connectivity index (χ1n) is 36.4. The van der Waals surface area contributed by atoms with Crippen molar-refractivity contribution >= 4 is 87.8 Å². The van der Waals surface area contributed by atoms with Gasteiger partial charge in [0.15, 0.2) is 5.96 Å². The van der Waals surface area contributed by atoms with Crippen molar-refractivity contribution in [2.75, 3.05) is 26.3 Å². The lowest BCUT2D eigenvalue weighted by atomic mass is 9.96. The molecule has 0 fully saturated rings. The van der Waals surface area contributed by atoms with Crippen LogP contribution in [0.1, 0.15) is 73.4 Å². The number of nitrogens with one attached hydrogen (secondary N) is 14. The van der Waals surface area contributed by atoms with Crippen LogP contribution >= 0.6 is 0 Å². The van der Waals surface area contributed by atoms with Crippen LogP contribution in [-0.4, -0.2) is 200 Å². The van der Waals surface area contributed by atoms with Gasteiger partial charge in [0.2, 0.25) is 65.0 Å². The van der Waals surface area contributed by atoms with E-state index in [0.29, 0.717) is 44.3 Å². The minimum atomic E-state index is -1.90. The monoisotopic (exact) mass is 1540 g/mol. The Kier molecular flexibility index (Phi) is 33.5. The third-order valence-corrected chi connectivity index (χ3v) is 18.4. The number of amides is 11. The van der Waals surface area contributed by atoms with Gasteiger partial charge in [-0.1, -0.05) is 154 Å². The maximum absolute atomic E-state index is 15.3. The van der Waals surface area contributed by atoms with Gasteiger partial charge in [-0.15, -0.1) is 0 Å². The summed E-state index contributed by atoms with van der Waals surface area (Å²) in [7, 11) is 0. The molecule has 596 valence electrons. The maximum atomic E-state index is 15.3. The number of carboxylic acids is 1. The molecule has 0 spiro atoms. The first kappa shape index (κ1) is 86.5. The van der Waals surface area contributed by atoms with Crippen LogP contribution < -0.4 is 75.3 Å². The van der Waals surface area contributed by atoms with Crippen molar-refractivity contribution in [1.29, 1.82) is 5.41 Å². The Balaban J connectivity index is 1.10. The predicted molar refractivity (Wildman–Crippen MR) is 412 cm³/mol. The van der Waals surface area contributed by atoms with Crippen molar-refractivity contribution in [2.24, 2.45) is 17.4 Å². The Morgan fingerprint density at radius 3 is 1.21 bits per heavy atom. The molecule has 1 aromatic heterocycles. The second-order valence-electron chi connectivity index (χ2n) is 27.0. The second kappa shape index (κ2) is 43.4. The predicted octanol–water partition coefficient (Wildman–Crippen LogP) is -0.975. The van der Waals surface area contributed by atoms with Gasteiger partial charge in [0, 0.05) is 62.2 Å². The number of para-hydroxylation sites is 1. The lowest BCUT2D eigenvalue weighted by Gasteiger charge is -2.30. The number of aromatic hydroxyl groups is 2. The molecule has 0 aliphatic carbocycles. The Morgan fingerprint density at radius 2 is 0.786 bits per heavy atom. The molecule has 7 aromatic rings. The molecule has 33 heteroatoms. The van der Waals surface area contributed by atoms with E-state index in [0.717, 1.165) is 0 Å². The summed E-state index contributed by atoms with van der Waals surface area (Å²) in [5.41, 5.74) is 14.8. The number of nitrogens with two attached hydrogens (primary N) is 2. The van der Waals surface area contributed by atoms with Gasteiger partial charge in [-0.25, -0.2) is 4.79 Å². The quantitative estimate of drug-likeness (QED) is 0.0124. The van der Waals surface area contributed by atoms with Crippen LogP contribution in [0, 0.1) is 11.3 Å². The van der Waals surface area contributed by atoms with Gasteiger partial charge < -0.3 is 106 Å². The van der Waals surface area contributed by atoms with E-state index in [1.54, 1.807) is 135 Å². The second-order valence-corrected chi connectivity index (χ2v) is 27.0. The molecule has 112 heavy (non-hydrogen) atoms. The molecule has 1 unspecified atom stereocenters. The molecular weight excluding hydrogens is 1440 g/mol. The summed E-state index contributed by atoms with van der Waals surface area (Å²) in [5, 5.41) is 90.7. The fraction of sp³-hybridized carbons (Fsp3) is 0.354. The number of carboxylic acid groups (broad SMARTS) is 1. The molecule has 0 radical (unpaired) electrons. The summed E-state index contributed by atoms with van der Waals surface area (Å²) >= 11 is 0. The van der Waals surface area contributed by atoms with E-state index in [1.807, 2.05) is 0 Å². The first-order chi connectivity index (χ1) is 53.6. The Morgan fingerprint density at radius 1 is 0.420 bits per heavy atom. The van der Waals surface area contributed by atoms with Crippen LogP contribution in [0.25, 0.3) is 10.9 Å². The molecule has 33 nitrogen and oxygen atoms in total. The highest BCUT2D eigenvalue weighted by molar-refractivity contribution is 6.00. The highest BCUT2D eigenvalue weighted by Crippen LogP contribution is 2.22. The van der Waals surface area contributed by atoms with Crippen LogP contribution in [0.3, 0.4) is 0 Å². The number of hydrogen-bond donors (Lipinski definition) is 21. The van der Waals surface area contributed by atoms with Gasteiger partial charge in [-0.05, 0) is 89.4 Å². The van der Waals surface area contributed by atoms with Gasteiger partial charge >= 0.3 is 5.97 Å². The summed E-state index contributed by atoms with van der Waals surface area (Å²) in [6.45, 7) is 1.92. The standard InChI is InChI=1S/C79H98N16O17/c1-4-45(2)67(77(110)91-60(38-51-28-32-54(99)33-29-51)71(104)90-62(40-52-41-84-56-24-15-14-23-55(52)56)73(106)88-59(35-47-17-8-5-9-18-47)72(105)92-63(78(111)112)39-49-21-12-7-13-22-49)95-74(107)61(36-48-19-10-6-11-20-48)89-75(108)64(43-96)94-76(109)65(44-97)93-70(103)58(37-50-26-30-53(98)31-27-50)86-66(100)42-85-69(102)57(87-68(101)46(3)80)25-16-34-83-79(81)82/h5-15,17-24,26-33,41,45-46,57-65,67,84,96-99H,4,16,25,34-40,42-44,80H2,1-3H3,(H,85,102)(H,86,100)(H,87,101)(H,88,106)(H,89,108)(H,90,104)(H,91,110)(H,92,105)(H,93,103)(H,94,109)(H,95,107)(H,111,112)(H4,81,82,83)/t45?,46-,57-,58-,59-,60-,61-,62-,63-,64-,65-,67-/m0/s1. The average Bonchev–Trinajstić information content (AvgIpc) is 1.56. The normalized spacial score (nSPS) is 14.3. The molecule has 12 atom stereocenters. The van der Waals surface area contributed by atoms with E-state index < -0.39 is 163 Å². The molecule has 6 aromatic carbocycles. The third-order valence-electron chi connectivity index (χ3n) is 18.4. The number of carbonyl (C=O) groups is 12. The number of aliphatic carboxylic acids is 1. The summed E-state index contributed by atoms with van der Waals surface area (Å²) in [5.74, 6) is -13.1. The number of carbonyl (C=O) groups excluding carboxylic acids is 11. The SMILES string of the molecule is CCC(C)[C@H](NC(=O)[C@H](Cc1ccccc1)NC(=O)[C@H](CO)NC(=O)[C@H](CO)NC(=O)[C@H](Cc1ccc(O)cc1)NC(=O)CNC(=O)[C@H](CCCNC(=N)N)NC(=O)[C@H](C)N)C(=O)N[C@@H](Cc1ccc(O)cc1)C(=O)N[C@@H](Cc1c[nH]c2ccccc12)C(=O)N[C@@H](Cc1ccccc1)C(=O)N[C@@H](Cc1ccccc1)C(=O)O. The van der Waals surface area contributed by atoms with E-state index in [-0.39, 0.29) is 81.8 Å². The number of aromatic amines is 1. The van der Waals surface area contributed by atoms with Gasteiger partial charge in [-0.2, -0.15) is 0 Å². The van der Waals surface area contributed by atoms with Gasteiger partial charge in [-0.3, -0.25) is 58.1 Å². The molecule has 0 bridgehead atoms. The zero-order valence-electron chi connectivity index (χ0n) is 62.1. The van der Waals surface area contributed by atoms with E-state index >= 15 is 14.4 Å². The topological polar surface area (TPSA) is 542 Å². The van der Waals surface area contributed by atoms with E-state index in [9.17, 15) is 68.7 Å². The van der Waals surface area contributed by atoms with Crippen LogP contribution in [-0.2, 0) is 96.1 Å². The number of guanidine groups is 1. The smallest absolute Gasteiger partial charge is 0.326 e. The largest absolute Gasteiger partial charge is 0.508 e. The third kappa shape index (κ3) is 27.4. The van der Waals surface area contributed by atoms with Crippen molar-refractivity contribution in [3.63, 3.8) is 0 Å². The minimum absolute atomic E-state index is 0.0217. The number of aromatic nitrogens is 1. The Labute approximate surface area is 645 Å². The van der Waals surface area contributed by atoms with Crippen molar-refractivity contribution < 1.29 is 83.1 Å². The van der Waals surface area contributed by atoms with Crippen molar-refractivity contribution in [3.8, 4) is 11.5 Å². The first-order valence-corrected chi connectivity index (χ1v) is 36.4. The maximum Gasteiger partial charge on any atom is 0.326 e. The number of H-pyrrole nitrogens is 1. The number of phenolic OH excluding ortho intramolecular Hbond substituents is 2. The molecule has 0 aliphatic rings. The average molecular weight is 1540 g/mol. The lowest BCUT2D eigenvalue weighted by molar-refractivity contribution is -0.142. The molecule has 11 amide bonds. The molecular formula is C79H98N16O17. The number of fused-ring (bicyclic) bond motifs is 1. The lowest BCUT2D eigenvalue weighted by Crippen LogP contribution is -2.62. The number of rotatable bonds is 43. The molecule has 0 aliphatic heterocycles. The highest BCUT2D eigenvalue weighted by Gasteiger charge is 2.38. The van der Waals surface area contributed by atoms with Gasteiger partial charge in [0.1, 0.15) is 71.9 Å². The molecule has 1 heterocycles. The number of aliphatic hydroxyl groups excluding tert-OH is 2. The van der Waals surface area contributed by atoms with E-state index in [4.69, 9.17) is 16.9 Å². The van der Waals surface area contributed by atoms with Crippen LogP contribution in [0.2, 0.25) is 0 Å². The van der Waals surface area contributed by atoms with E-state index in [2.05, 4.69) is 68.8 Å². The summed E-state index contributed by atoms with van der Waals surface area (Å²) in [6, 6.07) is 27.3. The molecule has 0 saturated carbocycles. The molecule has 7 rings (SSSR count). The Bertz CT molecular complexity index is 4350. The van der Waals surface area contributed by atoms with Gasteiger partial charge in [0.25, 0.3) is 0 Å². The zero-order chi connectivity index (χ0) is 81.4. The fourth-order valence-corrected chi connectivity index (χ4v) is 11.9. The van der Waals surface area contributed by atoms with Crippen molar-refractivity contribution in [1.82, 2.24) is 68.8 Å². The van der Waals surface area contributed by atoms with Crippen LogP contribution in [0.4, 0.5) is 0 Å². The van der Waals surface area contributed by atoms with Gasteiger partial charge in [0.05, 0.1) is 25.8 Å². The highest BCUT2D eigenvalue weighted by atomic mass is 16.4. The Hall–Kier alpha value is -12.8. The number of benzene rings is 6. The number of aliphatic hydroxyl groups is 2. The summed E-state index contributed by atoms with van der Waals surface area (Å²) in [4.78, 5) is 173. The number of phenols is 2. The fourth-order valence-electron chi connectivity index (χ4n) is 11.9. The van der Waals surface area contributed by atoms with Crippen LogP contribution in [0.15, 0.2) is 170 Å². The van der Waals surface area contributed by atoms with Crippen molar-refractivity contribution in [2.45, 2.75) is 145 Å². The minimum Gasteiger partial charge on any atom is -0.508 e. The van der Waals surface area contributed by atoms with Crippen LogP contribution in [0.5, 0.6) is 11.5 Å². The molecule has 23 N–H and O–H groups in total. The van der Waals surface area contributed by atoms with E-state index in [1.165, 1.54) is 55.5 Å². The number of hydrogen-bond acceptors (Lipinski definition) is 18. The summed E-state index contributed by atoms with van der Waals surface area (Å²) in [6.07, 6.45) is 0.903. The zero-order valence-corrected chi connectivity index (χ0v) is 62.1. The van der Waals surface area contributed by atoms with Crippen molar-refractivity contribution in [3.05, 3.63) is 203 Å². The summed E-state index contributed by atoms with van der Waals surface area (Å²) < 4.78 is 0. The molecule has 0 saturated heterocycles.